The number of rotatable bonds is 6. The molecule has 0 N–H and O–H groups in total. The van der Waals surface area contributed by atoms with Gasteiger partial charge in [0.05, 0.1) is 16.3 Å². The lowest BCUT2D eigenvalue weighted by Crippen LogP contribution is -2.34. The Morgan fingerprint density at radius 3 is 2.46 bits per heavy atom. The number of esters is 1. The fraction of sp³-hybridized carbons (Fsp3) is 0.353. The Kier molecular flexibility index (Phi) is 5.92. The van der Waals surface area contributed by atoms with Crippen molar-refractivity contribution in [3.05, 3.63) is 45.9 Å². The lowest BCUT2D eigenvalue weighted by atomic mass is 10.2. The molecular formula is C17H20N2O4S. The van der Waals surface area contributed by atoms with Gasteiger partial charge in [-0.2, -0.15) is 0 Å². The number of aromatic nitrogens is 1. The Bertz CT molecular complexity index is 710. The molecule has 0 saturated heterocycles. The van der Waals surface area contributed by atoms with Gasteiger partial charge in [-0.25, -0.2) is 9.78 Å². The van der Waals surface area contributed by atoms with Crippen molar-refractivity contribution >= 4 is 23.2 Å². The van der Waals surface area contributed by atoms with Crippen molar-refractivity contribution in [3.63, 3.8) is 0 Å². The third-order valence-corrected chi connectivity index (χ3v) is 4.04. The highest BCUT2D eigenvalue weighted by molar-refractivity contribution is 7.09. The molecule has 0 bridgehead atoms. The molecule has 6 nitrogen and oxygen atoms in total. The van der Waals surface area contributed by atoms with Crippen molar-refractivity contribution in [3.8, 4) is 5.75 Å². The van der Waals surface area contributed by atoms with Crippen LogP contribution in [-0.2, 0) is 16.1 Å². The summed E-state index contributed by atoms with van der Waals surface area (Å²) in [6.45, 7) is 3.87. The standard InChI is InChI=1S/C17H20N2O4S/c1-11(16(20)19(3)4)23-17(21)13-5-7-15(8-6-13)22-9-14-10-24-12(2)18-14/h5-8,10-11H,9H2,1-4H3/t11-/m0/s1. The van der Waals surface area contributed by atoms with Gasteiger partial charge in [0, 0.05) is 19.5 Å². The first kappa shape index (κ1) is 17.9. The molecule has 2 rings (SSSR count). The summed E-state index contributed by atoms with van der Waals surface area (Å²) in [5, 5.41) is 2.94. The molecule has 1 aromatic heterocycles. The van der Waals surface area contributed by atoms with Crippen molar-refractivity contribution in [1.29, 1.82) is 0 Å². The van der Waals surface area contributed by atoms with Crippen LogP contribution in [0.2, 0.25) is 0 Å². The minimum Gasteiger partial charge on any atom is -0.487 e. The molecule has 0 spiro atoms. The normalized spacial score (nSPS) is 11.7. The third kappa shape index (κ3) is 4.79. The van der Waals surface area contributed by atoms with E-state index in [1.165, 1.54) is 4.90 Å². The second kappa shape index (κ2) is 7.92. The molecule has 0 unspecified atom stereocenters. The van der Waals surface area contributed by atoms with E-state index in [0.29, 0.717) is 17.9 Å². The number of likely N-dealkylation sites (N-methyl/N-ethyl adjacent to an activating group) is 1. The van der Waals surface area contributed by atoms with Gasteiger partial charge in [-0.05, 0) is 38.1 Å². The zero-order valence-electron chi connectivity index (χ0n) is 14.1. The molecule has 1 amide bonds. The number of carbonyl (C=O) groups excluding carboxylic acids is 2. The minimum absolute atomic E-state index is 0.262. The number of hydrogen-bond donors (Lipinski definition) is 0. The Morgan fingerprint density at radius 1 is 1.25 bits per heavy atom. The predicted molar refractivity (Wildman–Crippen MR) is 91.2 cm³/mol. The molecule has 0 radical (unpaired) electrons. The average Bonchev–Trinajstić information content (AvgIpc) is 2.97. The molecule has 2 aromatic rings. The molecule has 0 aliphatic rings. The van der Waals surface area contributed by atoms with Crippen LogP contribution in [-0.4, -0.2) is 42.0 Å². The van der Waals surface area contributed by atoms with Crippen molar-refractivity contribution in [2.24, 2.45) is 0 Å². The maximum absolute atomic E-state index is 12.0. The highest BCUT2D eigenvalue weighted by Gasteiger charge is 2.20. The van der Waals surface area contributed by atoms with Crippen LogP contribution in [0.25, 0.3) is 0 Å². The van der Waals surface area contributed by atoms with Gasteiger partial charge in [-0.15, -0.1) is 11.3 Å². The molecule has 1 heterocycles. The zero-order valence-corrected chi connectivity index (χ0v) is 14.9. The Hall–Kier alpha value is -2.41. The molecule has 0 aliphatic heterocycles. The first-order chi connectivity index (χ1) is 11.4. The van der Waals surface area contributed by atoms with E-state index < -0.39 is 12.1 Å². The molecule has 128 valence electrons. The average molecular weight is 348 g/mol. The fourth-order valence-corrected chi connectivity index (χ4v) is 2.56. The van der Waals surface area contributed by atoms with E-state index >= 15 is 0 Å². The number of carbonyl (C=O) groups is 2. The van der Waals surface area contributed by atoms with Crippen LogP contribution >= 0.6 is 11.3 Å². The maximum atomic E-state index is 12.0. The number of ether oxygens (including phenoxy) is 2. The van der Waals surface area contributed by atoms with E-state index in [-0.39, 0.29) is 5.91 Å². The number of aryl methyl sites for hydroxylation is 1. The number of nitrogens with zero attached hydrogens (tertiary/aromatic N) is 2. The monoisotopic (exact) mass is 348 g/mol. The summed E-state index contributed by atoms with van der Waals surface area (Å²) in [5.74, 6) is -0.171. The van der Waals surface area contributed by atoms with E-state index in [0.717, 1.165) is 10.7 Å². The first-order valence-corrected chi connectivity index (χ1v) is 8.31. The second-order valence-electron chi connectivity index (χ2n) is 5.45. The second-order valence-corrected chi connectivity index (χ2v) is 6.51. The van der Waals surface area contributed by atoms with Gasteiger partial charge in [0.15, 0.2) is 6.10 Å². The summed E-state index contributed by atoms with van der Waals surface area (Å²) in [5.41, 5.74) is 1.24. The SMILES string of the molecule is Cc1nc(COc2ccc(C(=O)O[C@@H](C)C(=O)N(C)C)cc2)cs1. The zero-order chi connectivity index (χ0) is 17.7. The van der Waals surface area contributed by atoms with E-state index in [1.54, 1.807) is 56.6 Å². The van der Waals surface area contributed by atoms with Gasteiger partial charge >= 0.3 is 5.97 Å². The van der Waals surface area contributed by atoms with Crippen molar-refractivity contribution in [1.82, 2.24) is 9.88 Å². The molecule has 0 fully saturated rings. The number of amides is 1. The highest BCUT2D eigenvalue weighted by atomic mass is 32.1. The van der Waals surface area contributed by atoms with Crippen LogP contribution in [0.1, 0.15) is 28.0 Å². The molecule has 0 aliphatic carbocycles. The van der Waals surface area contributed by atoms with Gasteiger partial charge in [-0.3, -0.25) is 4.79 Å². The number of benzene rings is 1. The van der Waals surface area contributed by atoms with Gasteiger partial charge in [0.1, 0.15) is 12.4 Å². The van der Waals surface area contributed by atoms with Gasteiger partial charge in [0.25, 0.3) is 5.91 Å². The molecule has 0 saturated carbocycles. The summed E-state index contributed by atoms with van der Waals surface area (Å²) in [7, 11) is 3.23. The van der Waals surface area contributed by atoms with Gasteiger partial charge < -0.3 is 14.4 Å². The fourth-order valence-electron chi connectivity index (χ4n) is 1.96. The molecule has 24 heavy (non-hydrogen) atoms. The minimum atomic E-state index is -0.823. The van der Waals surface area contributed by atoms with Crippen molar-refractivity contribution in [2.45, 2.75) is 26.6 Å². The van der Waals surface area contributed by atoms with Crippen molar-refractivity contribution < 1.29 is 19.1 Å². The van der Waals surface area contributed by atoms with E-state index in [9.17, 15) is 9.59 Å². The maximum Gasteiger partial charge on any atom is 0.338 e. The quantitative estimate of drug-likeness (QED) is 0.751. The van der Waals surface area contributed by atoms with Crippen LogP contribution in [0.4, 0.5) is 0 Å². The number of thiazole rings is 1. The smallest absolute Gasteiger partial charge is 0.338 e. The van der Waals surface area contributed by atoms with Crippen LogP contribution in [0.5, 0.6) is 5.75 Å². The number of hydrogen-bond acceptors (Lipinski definition) is 6. The topological polar surface area (TPSA) is 68.7 Å². The summed E-state index contributed by atoms with van der Waals surface area (Å²) in [4.78, 5) is 29.4. The Balaban J connectivity index is 1.91. The third-order valence-electron chi connectivity index (χ3n) is 3.22. The van der Waals surface area contributed by atoms with Crippen molar-refractivity contribution in [2.75, 3.05) is 14.1 Å². The summed E-state index contributed by atoms with van der Waals surface area (Å²) >= 11 is 1.57. The van der Waals surface area contributed by atoms with Crippen LogP contribution in [0.3, 0.4) is 0 Å². The molecule has 7 heteroatoms. The Labute approximate surface area is 145 Å². The lowest BCUT2D eigenvalue weighted by Gasteiger charge is -2.17. The van der Waals surface area contributed by atoms with E-state index in [4.69, 9.17) is 9.47 Å². The van der Waals surface area contributed by atoms with E-state index in [2.05, 4.69) is 4.98 Å². The van der Waals surface area contributed by atoms with Gasteiger partial charge in [0.2, 0.25) is 0 Å². The lowest BCUT2D eigenvalue weighted by molar-refractivity contribution is -0.137. The highest BCUT2D eigenvalue weighted by Crippen LogP contribution is 2.16. The van der Waals surface area contributed by atoms with E-state index in [1.807, 2.05) is 12.3 Å². The summed E-state index contributed by atoms with van der Waals surface area (Å²) in [6.07, 6.45) is -0.823. The summed E-state index contributed by atoms with van der Waals surface area (Å²) < 4.78 is 10.8. The van der Waals surface area contributed by atoms with Crippen LogP contribution in [0, 0.1) is 6.92 Å². The largest absolute Gasteiger partial charge is 0.487 e. The van der Waals surface area contributed by atoms with Gasteiger partial charge in [-0.1, -0.05) is 0 Å². The van der Waals surface area contributed by atoms with Crippen LogP contribution in [0.15, 0.2) is 29.6 Å². The molecule has 1 aromatic carbocycles. The molecular weight excluding hydrogens is 328 g/mol. The van der Waals surface area contributed by atoms with Crippen LogP contribution < -0.4 is 4.74 Å². The first-order valence-electron chi connectivity index (χ1n) is 7.43. The summed E-state index contributed by atoms with van der Waals surface area (Å²) in [6, 6.07) is 6.59. The predicted octanol–water partition coefficient (Wildman–Crippen LogP) is 2.66. The molecule has 1 atom stereocenters. The Morgan fingerprint density at radius 2 is 1.92 bits per heavy atom.